The highest BCUT2D eigenvalue weighted by Gasteiger charge is 2.17. The number of amides is 1. The van der Waals surface area contributed by atoms with Gasteiger partial charge < -0.3 is 14.8 Å². The molecule has 0 radical (unpaired) electrons. The highest BCUT2D eigenvalue weighted by molar-refractivity contribution is 6.30. The molecule has 118 valence electrons. The first-order valence-corrected chi connectivity index (χ1v) is 6.94. The number of aromatic nitrogens is 3. The number of pyridine rings is 1. The van der Waals surface area contributed by atoms with Crippen LogP contribution in [0.3, 0.4) is 0 Å². The van der Waals surface area contributed by atoms with Crippen LogP contribution in [0.1, 0.15) is 32.6 Å². The van der Waals surface area contributed by atoms with Gasteiger partial charge in [-0.25, -0.2) is 14.3 Å². The van der Waals surface area contributed by atoms with Crippen molar-refractivity contribution >= 4 is 29.0 Å². The van der Waals surface area contributed by atoms with E-state index < -0.39 is 11.9 Å². The van der Waals surface area contributed by atoms with Gasteiger partial charge in [0.1, 0.15) is 0 Å². The van der Waals surface area contributed by atoms with E-state index in [1.54, 1.807) is 24.4 Å². The number of carbonyl (C=O) groups excluding carboxylic acids is 1. The molecule has 0 aliphatic rings. The minimum Gasteiger partial charge on any atom is -0.475 e. The molecular weight excluding hydrogens is 324 g/mol. The summed E-state index contributed by atoms with van der Waals surface area (Å²) in [4.78, 5) is 26.9. The zero-order chi connectivity index (χ0) is 16.6. The van der Waals surface area contributed by atoms with Crippen molar-refractivity contribution in [1.29, 1.82) is 0 Å². The Labute approximate surface area is 134 Å². The van der Waals surface area contributed by atoms with Gasteiger partial charge in [-0.2, -0.15) is 5.10 Å². The smallest absolute Gasteiger partial charge is 0.373 e. The Morgan fingerprint density at radius 3 is 2.91 bits per heavy atom. The number of carboxylic acid groups (broad SMARTS) is 1. The highest BCUT2D eigenvalue weighted by atomic mass is 35.5. The van der Waals surface area contributed by atoms with Gasteiger partial charge in [0.25, 0.3) is 5.91 Å². The normalized spacial score (nSPS) is 10.9. The number of carboxylic acids is 1. The molecule has 9 heteroatoms. The molecule has 3 aromatic heterocycles. The Bertz CT molecular complexity index is 915. The molecule has 0 aliphatic heterocycles. The first-order valence-electron chi connectivity index (χ1n) is 6.57. The molecule has 3 heterocycles. The maximum Gasteiger partial charge on any atom is 0.373 e. The van der Waals surface area contributed by atoms with Crippen molar-refractivity contribution in [2.75, 3.05) is 0 Å². The van der Waals surface area contributed by atoms with Gasteiger partial charge >= 0.3 is 5.97 Å². The van der Waals surface area contributed by atoms with E-state index in [9.17, 15) is 9.59 Å². The van der Waals surface area contributed by atoms with Crippen LogP contribution in [0.5, 0.6) is 0 Å². The lowest BCUT2D eigenvalue weighted by Gasteiger charge is -1.98. The summed E-state index contributed by atoms with van der Waals surface area (Å²) in [6.45, 7) is 1.48. The fraction of sp³-hybridized carbons (Fsp3) is 0.143. The molecule has 0 saturated carbocycles. The third kappa shape index (κ3) is 3.02. The van der Waals surface area contributed by atoms with Crippen LogP contribution in [-0.2, 0) is 6.54 Å². The van der Waals surface area contributed by atoms with Gasteiger partial charge in [0.15, 0.2) is 5.69 Å². The molecule has 3 rings (SSSR count). The standard InChI is InChI=1S/C14H11ClN4O4/c1-7-12(14(21)22)23-11(17-7)6-16-13(20)10-5-9-4-8(15)2-3-19(9)18-10/h2-5H,6H2,1H3,(H,16,20)(H,21,22). The molecule has 0 aromatic carbocycles. The van der Waals surface area contributed by atoms with Gasteiger partial charge in [-0.3, -0.25) is 4.79 Å². The number of hydrogen-bond donors (Lipinski definition) is 2. The summed E-state index contributed by atoms with van der Waals surface area (Å²) < 4.78 is 6.59. The van der Waals surface area contributed by atoms with E-state index >= 15 is 0 Å². The van der Waals surface area contributed by atoms with E-state index in [1.807, 2.05) is 0 Å². The number of rotatable bonds is 4. The van der Waals surface area contributed by atoms with Crippen molar-refractivity contribution in [3.05, 3.63) is 52.5 Å². The number of hydrogen-bond acceptors (Lipinski definition) is 5. The van der Waals surface area contributed by atoms with Crippen LogP contribution in [0, 0.1) is 6.92 Å². The quantitative estimate of drug-likeness (QED) is 0.754. The monoisotopic (exact) mass is 334 g/mol. The third-order valence-corrected chi connectivity index (χ3v) is 3.33. The summed E-state index contributed by atoms with van der Waals surface area (Å²) in [5.74, 6) is -1.76. The number of halogens is 1. The Kier molecular flexibility index (Phi) is 3.75. The zero-order valence-electron chi connectivity index (χ0n) is 11.9. The molecule has 3 aromatic rings. The second kappa shape index (κ2) is 5.73. The number of aryl methyl sites for hydroxylation is 1. The Hall–Kier alpha value is -2.87. The highest BCUT2D eigenvalue weighted by Crippen LogP contribution is 2.14. The Balaban J connectivity index is 1.73. The van der Waals surface area contributed by atoms with E-state index in [4.69, 9.17) is 21.1 Å². The van der Waals surface area contributed by atoms with Gasteiger partial charge in [0.05, 0.1) is 17.8 Å². The maximum atomic E-state index is 12.1. The second-order valence-electron chi connectivity index (χ2n) is 4.75. The van der Waals surface area contributed by atoms with Crippen LogP contribution in [-0.4, -0.2) is 31.6 Å². The summed E-state index contributed by atoms with van der Waals surface area (Å²) >= 11 is 5.88. The van der Waals surface area contributed by atoms with Crippen molar-refractivity contribution in [2.45, 2.75) is 13.5 Å². The van der Waals surface area contributed by atoms with E-state index in [1.165, 1.54) is 11.4 Å². The molecule has 2 N–H and O–H groups in total. The van der Waals surface area contributed by atoms with E-state index in [0.717, 1.165) is 0 Å². The molecule has 0 spiro atoms. The number of oxazole rings is 1. The number of nitrogens with zero attached hydrogens (tertiary/aromatic N) is 3. The van der Waals surface area contributed by atoms with Crippen LogP contribution in [0.4, 0.5) is 0 Å². The maximum absolute atomic E-state index is 12.1. The lowest BCUT2D eigenvalue weighted by molar-refractivity contribution is 0.0659. The van der Waals surface area contributed by atoms with Crippen LogP contribution < -0.4 is 5.32 Å². The first kappa shape index (κ1) is 15.0. The van der Waals surface area contributed by atoms with Crippen molar-refractivity contribution in [3.8, 4) is 0 Å². The Morgan fingerprint density at radius 2 is 2.22 bits per heavy atom. The fourth-order valence-corrected chi connectivity index (χ4v) is 2.22. The van der Waals surface area contributed by atoms with Crippen LogP contribution >= 0.6 is 11.6 Å². The van der Waals surface area contributed by atoms with Gasteiger partial charge in [-0.05, 0) is 25.1 Å². The summed E-state index contributed by atoms with van der Waals surface area (Å²) in [7, 11) is 0. The summed E-state index contributed by atoms with van der Waals surface area (Å²) in [6, 6.07) is 4.93. The molecule has 0 bridgehead atoms. The molecular formula is C14H11ClN4O4. The van der Waals surface area contributed by atoms with Gasteiger partial charge in [0, 0.05) is 11.2 Å². The molecule has 0 aliphatic carbocycles. The molecule has 0 atom stereocenters. The fourth-order valence-electron chi connectivity index (χ4n) is 2.05. The minimum absolute atomic E-state index is 0.0401. The minimum atomic E-state index is -1.20. The average Bonchev–Trinajstić information content (AvgIpc) is 3.07. The van der Waals surface area contributed by atoms with E-state index in [2.05, 4.69) is 15.4 Å². The predicted octanol–water partition coefficient (Wildman–Crippen LogP) is 1.91. The first-order chi connectivity index (χ1) is 10.9. The molecule has 1 amide bonds. The second-order valence-corrected chi connectivity index (χ2v) is 5.19. The number of nitrogens with one attached hydrogen (secondary N) is 1. The molecule has 0 saturated heterocycles. The summed E-state index contributed by atoms with van der Waals surface area (Å²) in [5.41, 5.74) is 1.14. The van der Waals surface area contributed by atoms with Crippen molar-refractivity contribution < 1.29 is 19.1 Å². The van der Waals surface area contributed by atoms with E-state index in [-0.39, 0.29) is 29.6 Å². The lowest BCUT2D eigenvalue weighted by Crippen LogP contribution is -2.23. The van der Waals surface area contributed by atoms with Crippen LogP contribution in [0.25, 0.3) is 5.52 Å². The van der Waals surface area contributed by atoms with Crippen LogP contribution in [0.2, 0.25) is 5.02 Å². The number of carbonyl (C=O) groups is 2. The average molecular weight is 335 g/mol. The zero-order valence-corrected chi connectivity index (χ0v) is 12.7. The van der Waals surface area contributed by atoms with Crippen molar-refractivity contribution in [3.63, 3.8) is 0 Å². The topological polar surface area (TPSA) is 110 Å². The molecule has 0 fully saturated rings. The summed E-state index contributed by atoms with van der Waals surface area (Å²) in [5, 5.41) is 16.1. The molecule has 8 nitrogen and oxygen atoms in total. The SMILES string of the molecule is Cc1nc(CNC(=O)c2cc3cc(Cl)ccn3n2)oc1C(=O)O. The summed E-state index contributed by atoms with van der Waals surface area (Å²) in [6.07, 6.45) is 1.64. The van der Waals surface area contributed by atoms with Gasteiger partial charge in [0.2, 0.25) is 11.7 Å². The van der Waals surface area contributed by atoms with Crippen LogP contribution in [0.15, 0.2) is 28.8 Å². The van der Waals surface area contributed by atoms with Gasteiger partial charge in [-0.1, -0.05) is 11.6 Å². The van der Waals surface area contributed by atoms with Crippen molar-refractivity contribution in [2.24, 2.45) is 0 Å². The largest absolute Gasteiger partial charge is 0.475 e. The number of aromatic carboxylic acids is 1. The molecule has 0 unspecified atom stereocenters. The lowest BCUT2D eigenvalue weighted by atomic mass is 10.3. The molecule has 23 heavy (non-hydrogen) atoms. The van der Waals surface area contributed by atoms with Crippen molar-refractivity contribution in [1.82, 2.24) is 19.9 Å². The predicted molar refractivity (Wildman–Crippen MR) is 79.6 cm³/mol. The Morgan fingerprint density at radius 1 is 1.43 bits per heavy atom. The number of fused-ring (bicyclic) bond motifs is 1. The van der Waals surface area contributed by atoms with Gasteiger partial charge in [-0.15, -0.1) is 0 Å². The third-order valence-electron chi connectivity index (χ3n) is 3.09. The van der Waals surface area contributed by atoms with E-state index in [0.29, 0.717) is 10.5 Å².